The second-order valence-corrected chi connectivity index (χ2v) is 8.82. The van der Waals surface area contributed by atoms with Gasteiger partial charge >= 0.3 is 12.0 Å². The zero-order valence-electron chi connectivity index (χ0n) is 18.8. The van der Waals surface area contributed by atoms with Crippen LogP contribution in [-0.2, 0) is 0 Å². The van der Waals surface area contributed by atoms with Crippen molar-refractivity contribution in [1.82, 2.24) is 20.2 Å². The summed E-state index contributed by atoms with van der Waals surface area (Å²) in [5.41, 5.74) is 4.73. The molecule has 1 aliphatic heterocycles. The van der Waals surface area contributed by atoms with Crippen LogP contribution in [0.5, 0.6) is 11.8 Å². The Balaban J connectivity index is 1.13. The van der Waals surface area contributed by atoms with Crippen molar-refractivity contribution in [3.05, 3.63) is 89.3 Å². The topological polar surface area (TPSA) is 67.3 Å². The predicted octanol–water partition coefficient (Wildman–Crippen LogP) is 5.32. The van der Waals surface area contributed by atoms with E-state index in [2.05, 4.69) is 51.7 Å². The fourth-order valence-corrected chi connectivity index (χ4v) is 4.26. The highest BCUT2D eigenvalue weighted by atomic mass is 16.5. The molecular weight excluding hydrogens is 412 g/mol. The fourth-order valence-electron chi connectivity index (χ4n) is 4.26. The Kier molecular flexibility index (Phi) is 6.07. The number of carbonyl (C=O) groups excluding carboxylic acids is 1. The molecule has 1 saturated carbocycles. The molecule has 2 unspecified atom stereocenters. The summed E-state index contributed by atoms with van der Waals surface area (Å²) in [5.74, 6) is 1.16. The predicted molar refractivity (Wildman–Crippen MR) is 128 cm³/mol. The second-order valence-electron chi connectivity index (χ2n) is 8.82. The van der Waals surface area contributed by atoms with Crippen LogP contribution in [-0.4, -0.2) is 40.0 Å². The van der Waals surface area contributed by atoms with Crippen LogP contribution in [0.25, 0.3) is 6.08 Å². The monoisotopic (exact) mass is 440 g/mol. The maximum absolute atomic E-state index is 12.7. The summed E-state index contributed by atoms with van der Waals surface area (Å²) >= 11 is 0. The van der Waals surface area contributed by atoms with E-state index >= 15 is 0 Å². The van der Waals surface area contributed by atoms with E-state index < -0.39 is 0 Å². The number of rotatable bonds is 5. The molecule has 2 heterocycles. The normalized spacial score (nSPS) is 19.7. The number of aromatic nitrogens is 2. The van der Waals surface area contributed by atoms with Crippen LogP contribution in [0.1, 0.15) is 41.9 Å². The van der Waals surface area contributed by atoms with Crippen molar-refractivity contribution >= 4 is 12.1 Å². The van der Waals surface area contributed by atoms with E-state index in [1.54, 1.807) is 12.4 Å². The molecule has 2 amide bonds. The van der Waals surface area contributed by atoms with Crippen LogP contribution in [0.15, 0.2) is 72.6 Å². The van der Waals surface area contributed by atoms with Gasteiger partial charge in [-0.05, 0) is 55.0 Å². The Morgan fingerprint density at radius 2 is 1.82 bits per heavy atom. The van der Waals surface area contributed by atoms with Crippen molar-refractivity contribution < 1.29 is 9.53 Å². The van der Waals surface area contributed by atoms with Crippen molar-refractivity contribution in [2.45, 2.75) is 38.1 Å². The molecule has 1 N–H and O–H groups in total. The van der Waals surface area contributed by atoms with Crippen molar-refractivity contribution in [2.75, 3.05) is 13.1 Å². The van der Waals surface area contributed by atoms with Gasteiger partial charge in [0.25, 0.3) is 0 Å². The highest BCUT2D eigenvalue weighted by molar-refractivity contribution is 5.75. The van der Waals surface area contributed by atoms with Gasteiger partial charge in [0.15, 0.2) is 0 Å². The average Bonchev–Trinajstić information content (AvgIpc) is 3.61. The number of benzene rings is 2. The van der Waals surface area contributed by atoms with Gasteiger partial charge in [0.05, 0.1) is 0 Å². The van der Waals surface area contributed by atoms with Gasteiger partial charge in [-0.2, -0.15) is 0 Å². The Labute approximate surface area is 194 Å². The summed E-state index contributed by atoms with van der Waals surface area (Å²) in [6, 6.07) is 19.0. The lowest BCUT2D eigenvalue weighted by Gasteiger charge is -2.28. The second kappa shape index (κ2) is 9.45. The van der Waals surface area contributed by atoms with Crippen LogP contribution in [0.2, 0.25) is 0 Å². The van der Waals surface area contributed by atoms with Gasteiger partial charge in [-0.15, -0.1) is 0 Å². The molecular formula is C27H28N4O2. The summed E-state index contributed by atoms with van der Waals surface area (Å²) in [7, 11) is 0. The SMILES string of the molecule is Cc1cnc(Oc2cccc(C=C3CCN(C(=O)NC4CC4c4ccccc4)CC3)c2)nc1. The van der Waals surface area contributed by atoms with Crippen LogP contribution in [0, 0.1) is 6.92 Å². The first-order chi connectivity index (χ1) is 16.1. The molecule has 2 aromatic carbocycles. The standard InChI is InChI=1S/C27H28N4O2/c1-19-17-28-26(29-18-19)33-23-9-5-6-21(15-23)14-20-10-12-31(13-11-20)27(32)30-25-16-24(25)22-7-3-2-4-8-22/h2-9,14-15,17-18,24-25H,10-13,16H2,1H3,(H,30,32). The van der Waals surface area contributed by atoms with Crippen molar-refractivity contribution in [2.24, 2.45) is 0 Å². The number of hydrogen-bond acceptors (Lipinski definition) is 4. The number of nitrogens with zero attached hydrogens (tertiary/aromatic N) is 3. The van der Waals surface area contributed by atoms with E-state index in [0.29, 0.717) is 17.7 Å². The molecule has 2 aliphatic rings. The lowest BCUT2D eigenvalue weighted by Crippen LogP contribution is -2.44. The summed E-state index contributed by atoms with van der Waals surface area (Å²) in [4.78, 5) is 23.0. The van der Waals surface area contributed by atoms with Gasteiger partial charge in [-0.25, -0.2) is 14.8 Å². The van der Waals surface area contributed by atoms with E-state index in [9.17, 15) is 4.79 Å². The quantitative estimate of drug-likeness (QED) is 0.583. The summed E-state index contributed by atoms with van der Waals surface area (Å²) in [5, 5.41) is 3.21. The van der Waals surface area contributed by atoms with Crippen molar-refractivity contribution in [3.63, 3.8) is 0 Å². The zero-order valence-corrected chi connectivity index (χ0v) is 18.8. The Morgan fingerprint density at radius 1 is 1.06 bits per heavy atom. The number of hydrogen-bond donors (Lipinski definition) is 1. The molecule has 3 aromatic rings. The lowest BCUT2D eigenvalue weighted by atomic mass is 10.0. The molecule has 0 bridgehead atoms. The third-order valence-corrected chi connectivity index (χ3v) is 6.22. The third kappa shape index (κ3) is 5.40. The first kappa shape index (κ1) is 21.2. The number of piperidine rings is 1. The van der Waals surface area contributed by atoms with E-state index in [4.69, 9.17) is 4.74 Å². The molecule has 2 atom stereocenters. The minimum atomic E-state index is 0.0611. The number of carbonyl (C=O) groups is 1. The van der Waals surface area contributed by atoms with Crippen LogP contribution < -0.4 is 10.1 Å². The first-order valence-corrected chi connectivity index (χ1v) is 11.5. The van der Waals surface area contributed by atoms with Gasteiger partial charge in [0.1, 0.15) is 5.75 Å². The van der Waals surface area contributed by atoms with E-state index in [-0.39, 0.29) is 12.1 Å². The third-order valence-electron chi connectivity index (χ3n) is 6.22. The van der Waals surface area contributed by atoms with Crippen LogP contribution in [0.3, 0.4) is 0 Å². The van der Waals surface area contributed by atoms with Crippen molar-refractivity contribution in [1.29, 1.82) is 0 Å². The molecule has 5 rings (SSSR count). The largest absolute Gasteiger partial charge is 0.424 e. The molecule has 1 aromatic heterocycles. The molecule has 168 valence electrons. The smallest absolute Gasteiger partial charge is 0.321 e. The molecule has 6 heteroatoms. The Hall–Kier alpha value is -3.67. The first-order valence-electron chi connectivity index (χ1n) is 11.5. The van der Waals surface area contributed by atoms with Crippen LogP contribution in [0.4, 0.5) is 4.79 Å². The fraction of sp³-hybridized carbons (Fsp3) is 0.296. The van der Waals surface area contributed by atoms with Crippen molar-refractivity contribution in [3.8, 4) is 11.8 Å². The van der Waals surface area contributed by atoms with Crippen LogP contribution >= 0.6 is 0 Å². The molecule has 1 aliphatic carbocycles. The van der Waals surface area contributed by atoms with Gasteiger partial charge < -0.3 is 15.0 Å². The lowest BCUT2D eigenvalue weighted by molar-refractivity contribution is 0.193. The van der Waals surface area contributed by atoms with Gasteiger partial charge in [-0.1, -0.05) is 54.1 Å². The number of nitrogens with one attached hydrogen (secondary N) is 1. The highest BCUT2D eigenvalue weighted by Crippen LogP contribution is 2.40. The zero-order chi connectivity index (χ0) is 22.6. The molecule has 33 heavy (non-hydrogen) atoms. The minimum Gasteiger partial charge on any atom is -0.424 e. The summed E-state index contributed by atoms with van der Waals surface area (Å²) in [6.07, 6.45) is 8.47. The van der Waals surface area contributed by atoms with E-state index in [1.165, 1.54) is 11.1 Å². The maximum atomic E-state index is 12.7. The van der Waals surface area contributed by atoms with E-state index in [0.717, 1.165) is 43.5 Å². The average molecular weight is 441 g/mol. The molecule has 1 saturated heterocycles. The number of aryl methyl sites for hydroxylation is 1. The number of urea groups is 1. The number of ether oxygens (including phenoxy) is 1. The number of likely N-dealkylation sites (tertiary alicyclic amines) is 1. The molecule has 0 spiro atoms. The molecule has 0 radical (unpaired) electrons. The molecule has 6 nitrogen and oxygen atoms in total. The Morgan fingerprint density at radius 3 is 2.58 bits per heavy atom. The number of amides is 2. The summed E-state index contributed by atoms with van der Waals surface area (Å²) < 4.78 is 5.78. The molecule has 2 fully saturated rings. The van der Waals surface area contributed by atoms with Gasteiger partial charge in [0.2, 0.25) is 0 Å². The van der Waals surface area contributed by atoms with E-state index in [1.807, 2.05) is 36.1 Å². The highest BCUT2D eigenvalue weighted by Gasteiger charge is 2.40. The maximum Gasteiger partial charge on any atom is 0.321 e. The minimum absolute atomic E-state index is 0.0611. The Bertz CT molecular complexity index is 1130. The van der Waals surface area contributed by atoms with Gasteiger partial charge in [-0.3, -0.25) is 0 Å². The van der Waals surface area contributed by atoms with Gasteiger partial charge in [0, 0.05) is 37.4 Å². The summed E-state index contributed by atoms with van der Waals surface area (Å²) in [6.45, 7) is 3.43.